The second-order valence-electron chi connectivity index (χ2n) is 13.4. The minimum atomic E-state index is -0.544. The van der Waals surface area contributed by atoms with Crippen LogP contribution in [0, 0.1) is 11.7 Å². The van der Waals surface area contributed by atoms with Crippen molar-refractivity contribution in [1.29, 1.82) is 0 Å². The maximum atomic E-state index is 14.8. The van der Waals surface area contributed by atoms with Crippen LogP contribution in [-0.2, 0) is 17.9 Å². The zero-order valence-corrected chi connectivity index (χ0v) is 28.3. The van der Waals surface area contributed by atoms with Gasteiger partial charge in [-0.25, -0.2) is 9.18 Å². The molecule has 2 N–H and O–H groups in total. The van der Waals surface area contributed by atoms with Crippen LogP contribution >= 0.6 is 11.3 Å². The number of rotatable bonds is 10. The van der Waals surface area contributed by atoms with Crippen molar-refractivity contribution < 1.29 is 18.7 Å². The Morgan fingerprint density at radius 2 is 1.92 bits per heavy atom. The number of nitrogens with zero attached hydrogens (tertiary/aromatic N) is 5. The first-order chi connectivity index (χ1) is 23.3. The highest BCUT2D eigenvalue weighted by atomic mass is 32.1. The Kier molecular flexibility index (Phi) is 9.56. The zero-order valence-electron chi connectivity index (χ0n) is 27.5. The summed E-state index contributed by atoms with van der Waals surface area (Å²) in [5.41, 5.74) is 4.10. The molecular weight excluding hydrogens is 630 g/mol. The van der Waals surface area contributed by atoms with E-state index in [2.05, 4.69) is 50.5 Å². The number of thiophene rings is 1. The molecule has 2 aliphatic heterocycles. The first-order valence-electron chi connectivity index (χ1n) is 16.8. The van der Waals surface area contributed by atoms with Gasteiger partial charge in [-0.05, 0) is 88.6 Å². The van der Waals surface area contributed by atoms with Gasteiger partial charge in [0.15, 0.2) is 11.6 Å². The van der Waals surface area contributed by atoms with E-state index in [4.69, 9.17) is 9.72 Å². The van der Waals surface area contributed by atoms with E-state index in [-0.39, 0.29) is 30.3 Å². The molecule has 3 aliphatic rings. The molecule has 1 unspecified atom stereocenters. The van der Waals surface area contributed by atoms with Crippen LogP contribution in [0.2, 0.25) is 0 Å². The summed E-state index contributed by atoms with van der Waals surface area (Å²) in [6, 6.07) is 12.8. The highest BCUT2D eigenvalue weighted by molar-refractivity contribution is 7.22. The average molecular weight is 672 g/mol. The fraction of sp³-hybridized carbons (Fsp3) is 0.444. The summed E-state index contributed by atoms with van der Waals surface area (Å²) < 4.78 is 21.6. The third-order valence-corrected chi connectivity index (χ3v) is 10.7. The van der Waals surface area contributed by atoms with Gasteiger partial charge in [-0.2, -0.15) is 0 Å². The second kappa shape index (κ2) is 14.2. The Bertz CT molecular complexity index is 1780. The van der Waals surface area contributed by atoms with Crippen molar-refractivity contribution in [2.45, 2.75) is 57.3 Å². The fourth-order valence-corrected chi connectivity index (χ4v) is 7.70. The molecule has 2 saturated heterocycles. The van der Waals surface area contributed by atoms with E-state index in [1.807, 2.05) is 24.4 Å². The van der Waals surface area contributed by atoms with Crippen LogP contribution in [0.4, 0.5) is 14.9 Å². The predicted molar refractivity (Wildman–Crippen MR) is 185 cm³/mol. The number of pyridine rings is 2. The molecule has 12 heteroatoms. The van der Waals surface area contributed by atoms with Gasteiger partial charge in [0.25, 0.3) is 0 Å². The van der Waals surface area contributed by atoms with Gasteiger partial charge in [0.05, 0.1) is 26.7 Å². The van der Waals surface area contributed by atoms with Gasteiger partial charge in [-0.1, -0.05) is 6.07 Å². The van der Waals surface area contributed by atoms with Crippen molar-refractivity contribution in [3.63, 3.8) is 0 Å². The van der Waals surface area contributed by atoms with Crippen molar-refractivity contribution >= 4 is 39.2 Å². The van der Waals surface area contributed by atoms with Gasteiger partial charge in [-0.15, -0.1) is 11.3 Å². The van der Waals surface area contributed by atoms with E-state index in [0.717, 1.165) is 96.7 Å². The Morgan fingerprint density at radius 3 is 2.67 bits per heavy atom. The molecule has 10 nitrogen and oxygen atoms in total. The minimum Gasteiger partial charge on any atom is -0.486 e. The molecule has 48 heavy (non-hydrogen) atoms. The summed E-state index contributed by atoms with van der Waals surface area (Å²) in [6.07, 6.45) is 8.66. The standard InChI is InChI=1S/C36H42FN7O3S/c1-42(2)28-12-15-44(21-28)35(45)24-4-3-14-43(20-24)19-23-5-9-30(39-18-23)33-17-31-34(48-33)25(11-13-38-31)22-47-32-10-8-27(16-29(32)37)41-36(46)40-26-6-7-26/h5,8-11,13,16-18,24,26,28H,3-4,6-7,12,14-15,19-22H2,1-2H3,(H2,40,41,46)/t24?,28-/m0/s1. The van der Waals surface area contributed by atoms with Crippen molar-refractivity contribution in [3.05, 3.63) is 71.8 Å². The smallest absolute Gasteiger partial charge is 0.319 e. The number of fused-ring (bicyclic) bond motifs is 1. The third kappa shape index (κ3) is 7.61. The van der Waals surface area contributed by atoms with Crippen LogP contribution < -0.4 is 15.4 Å². The molecule has 1 saturated carbocycles. The van der Waals surface area contributed by atoms with E-state index in [1.165, 1.54) is 12.1 Å². The van der Waals surface area contributed by atoms with E-state index >= 15 is 0 Å². The monoisotopic (exact) mass is 671 g/mol. The molecule has 2 atom stereocenters. The molecule has 0 radical (unpaired) electrons. The van der Waals surface area contributed by atoms with Crippen LogP contribution in [0.15, 0.2) is 54.9 Å². The van der Waals surface area contributed by atoms with Crippen LogP contribution in [0.25, 0.3) is 20.8 Å². The van der Waals surface area contributed by atoms with E-state index in [0.29, 0.717) is 17.6 Å². The Hall–Kier alpha value is -4.13. The van der Waals surface area contributed by atoms with Crippen molar-refractivity contribution in [1.82, 2.24) is 30.0 Å². The van der Waals surface area contributed by atoms with Gasteiger partial charge in [0.1, 0.15) is 6.61 Å². The summed E-state index contributed by atoms with van der Waals surface area (Å²) in [6.45, 7) is 4.42. The van der Waals surface area contributed by atoms with Gasteiger partial charge in [-0.3, -0.25) is 19.7 Å². The number of halogens is 1. The lowest BCUT2D eigenvalue weighted by atomic mass is 9.96. The molecular formula is C36H42FN7O3S. The zero-order chi connectivity index (χ0) is 33.2. The molecule has 3 fully saturated rings. The SMILES string of the molecule is CN(C)[C@H]1CCN(C(=O)C2CCCN(Cc3ccc(-c4cc5nccc(COc6ccc(NC(=O)NC7CC7)cc6F)c5s4)nc3)C2)C1. The van der Waals surface area contributed by atoms with Gasteiger partial charge in [0.2, 0.25) is 5.91 Å². The number of ether oxygens (including phenoxy) is 1. The van der Waals surface area contributed by atoms with Crippen LogP contribution in [-0.4, -0.2) is 89.0 Å². The van der Waals surface area contributed by atoms with Crippen LogP contribution in [0.1, 0.15) is 43.2 Å². The number of hydrogen-bond donors (Lipinski definition) is 2. The highest BCUT2D eigenvalue weighted by Gasteiger charge is 2.34. The molecule has 3 amide bonds. The van der Waals surface area contributed by atoms with E-state index in [9.17, 15) is 14.0 Å². The number of carbonyl (C=O) groups is 2. The number of amides is 3. The van der Waals surface area contributed by atoms with Crippen LogP contribution in [0.3, 0.4) is 0 Å². The number of carbonyl (C=O) groups excluding carboxylic acids is 2. The first kappa shape index (κ1) is 32.4. The number of urea groups is 1. The molecule has 0 spiro atoms. The Balaban J connectivity index is 0.956. The normalized spacial score (nSPS) is 20.0. The van der Waals surface area contributed by atoms with Crippen molar-refractivity contribution in [3.8, 4) is 16.3 Å². The topological polar surface area (TPSA) is 103 Å². The number of anilines is 1. The molecule has 3 aromatic heterocycles. The Morgan fingerprint density at radius 1 is 1.04 bits per heavy atom. The van der Waals surface area contributed by atoms with E-state index in [1.54, 1.807) is 23.6 Å². The van der Waals surface area contributed by atoms with Gasteiger partial charge in [0, 0.05) is 68.0 Å². The third-order valence-electron chi connectivity index (χ3n) is 9.52. The largest absolute Gasteiger partial charge is 0.486 e. The number of likely N-dealkylation sites (tertiary alicyclic amines) is 2. The molecule has 1 aromatic carbocycles. The lowest BCUT2D eigenvalue weighted by Gasteiger charge is -2.34. The number of nitrogens with one attached hydrogen (secondary N) is 2. The molecule has 7 rings (SSSR count). The summed E-state index contributed by atoms with van der Waals surface area (Å²) in [5.74, 6) is -0.0580. The summed E-state index contributed by atoms with van der Waals surface area (Å²) >= 11 is 1.59. The highest BCUT2D eigenvalue weighted by Crippen LogP contribution is 2.35. The maximum absolute atomic E-state index is 14.8. The van der Waals surface area contributed by atoms with Crippen LogP contribution in [0.5, 0.6) is 5.75 Å². The summed E-state index contributed by atoms with van der Waals surface area (Å²) in [5, 5.41) is 5.49. The molecule has 252 valence electrons. The number of hydrogen-bond acceptors (Lipinski definition) is 8. The van der Waals surface area contributed by atoms with Gasteiger partial charge < -0.3 is 25.2 Å². The molecule has 4 aromatic rings. The second-order valence-corrected chi connectivity index (χ2v) is 14.5. The predicted octanol–water partition coefficient (Wildman–Crippen LogP) is 5.73. The number of likely N-dealkylation sites (N-methyl/N-ethyl adjacent to an activating group) is 1. The average Bonchev–Trinajstić information content (AvgIpc) is 3.55. The minimum absolute atomic E-state index is 0.0637. The maximum Gasteiger partial charge on any atom is 0.319 e. The first-order valence-corrected chi connectivity index (χ1v) is 17.6. The molecule has 1 aliphatic carbocycles. The molecule has 0 bridgehead atoms. The summed E-state index contributed by atoms with van der Waals surface area (Å²) in [4.78, 5) is 42.3. The van der Waals surface area contributed by atoms with Crippen molar-refractivity contribution in [2.24, 2.45) is 5.92 Å². The quantitative estimate of drug-likeness (QED) is 0.222. The lowest BCUT2D eigenvalue weighted by molar-refractivity contribution is -0.136. The summed E-state index contributed by atoms with van der Waals surface area (Å²) in [7, 11) is 4.19. The molecule has 5 heterocycles. The number of piperidine rings is 1. The number of aromatic nitrogens is 2. The van der Waals surface area contributed by atoms with Crippen molar-refractivity contribution in [2.75, 3.05) is 45.6 Å². The fourth-order valence-electron chi connectivity index (χ4n) is 6.61. The number of benzene rings is 1. The van der Waals surface area contributed by atoms with Gasteiger partial charge >= 0.3 is 6.03 Å². The Labute approximate surface area is 284 Å². The van der Waals surface area contributed by atoms with E-state index < -0.39 is 5.82 Å². The lowest BCUT2D eigenvalue weighted by Crippen LogP contribution is -2.44.